The summed E-state index contributed by atoms with van der Waals surface area (Å²) >= 11 is 0. The Labute approximate surface area is 105 Å². The third kappa shape index (κ3) is 1.60. The standard InChI is InChI=1S/C9H10N8O2/c1-15-7-6(8(18)16(2)9(15)19)17(4-10-7)3-5-11-13-14-12-5/h4-5H,3H2,1-2H3. The highest BCUT2D eigenvalue weighted by Crippen LogP contribution is 2.11. The molecule has 0 bridgehead atoms. The predicted molar refractivity (Wildman–Crippen MR) is 63.7 cm³/mol. The van der Waals surface area contributed by atoms with E-state index in [0.717, 1.165) is 4.57 Å². The average Bonchev–Trinajstić information content (AvgIpc) is 3.04. The molecular weight excluding hydrogens is 252 g/mol. The molecule has 3 rings (SSSR count). The molecule has 1 aliphatic heterocycles. The fraction of sp³-hybridized carbons (Fsp3) is 0.444. The fourth-order valence-electron chi connectivity index (χ4n) is 1.97. The summed E-state index contributed by atoms with van der Waals surface area (Å²) in [4.78, 5) is 28.0. The zero-order valence-electron chi connectivity index (χ0n) is 10.3. The van der Waals surface area contributed by atoms with Crippen LogP contribution >= 0.6 is 0 Å². The van der Waals surface area contributed by atoms with Gasteiger partial charge in [-0.15, -0.1) is 10.2 Å². The molecule has 0 aliphatic carbocycles. The van der Waals surface area contributed by atoms with Crippen LogP contribution in [0, 0.1) is 0 Å². The minimum atomic E-state index is -0.459. The van der Waals surface area contributed by atoms with Crippen molar-refractivity contribution in [3.05, 3.63) is 27.2 Å². The molecule has 19 heavy (non-hydrogen) atoms. The van der Waals surface area contributed by atoms with Crippen molar-refractivity contribution in [2.45, 2.75) is 12.7 Å². The van der Waals surface area contributed by atoms with Crippen molar-refractivity contribution in [3.8, 4) is 0 Å². The third-order valence-corrected chi connectivity index (χ3v) is 2.99. The number of hydrogen-bond acceptors (Lipinski definition) is 7. The smallest absolute Gasteiger partial charge is 0.320 e. The summed E-state index contributed by atoms with van der Waals surface area (Å²) in [6, 6.07) is 0. The van der Waals surface area contributed by atoms with E-state index in [4.69, 9.17) is 0 Å². The molecule has 2 aromatic rings. The highest BCUT2D eigenvalue weighted by molar-refractivity contribution is 5.69. The topological polar surface area (TPSA) is 111 Å². The Morgan fingerprint density at radius 1 is 1.16 bits per heavy atom. The second-order valence-electron chi connectivity index (χ2n) is 4.17. The van der Waals surface area contributed by atoms with Crippen LogP contribution in [0.2, 0.25) is 0 Å². The van der Waals surface area contributed by atoms with Gasteiger partial charge in [-0.25, -0.2) is 9.78 Å². The Balaban J connectivity index is 2.22. The van der Waals surface area contributed by atoms with Crippen LogP contribution in [0.3, 0.4) is 0 Å². The first kappa shape index (κ1) is 11.4. The van der Waals surface area contributed by atoms with E-state index in [1.165, 1.54) is 17.9 Å². The van der Waals surface area contributed by atoms with Crippen molar-refractivity contribution in [3.63, 3.8) is 0 Å². The molecular formula is C9H10N8O2. The third-order valence-electron chi connectivity index (χ3n) is 2.99. The molecule has 98 valence electrons. The molecule has 0 amide bonds. The van der Waals surface area contributed by atoms with E-state index in [2.05, 4.69) is 25.7 Å². The Bertz CT molecular complexity index is 811. The summed E-state index contributed by atoms with van der Waals surface area (Å²) in [5, 5.41) is 14.4. The maximum atomic E-state index is 12.1. The molecule has 0 aromatic carbocycles. The second-order valence-corrected chi connectivity index (χ2v) is 4.17. The van der Waals surface area contributed by atoms with E-state index < -0.39 is 17.4 Å². The van der Waals surface area contributed by atoms with Gasteiger partial charge in [-0.2, -0.15) is 0 Å². The Hall–Kier alpha value is -2.65. The van der Waals surface area contributed by atoms with Gasteiger partial charge in [0.25, 0.3) is 5.56 Å². The van der Waals surface area contributed by atoms with Crippen LogP contribution in [0.5, 0.6) is 0 Å². The zero-order chi connectivity index (χ0) is 13.6. The Kier molecular flexibility index (Phi) is 2.37. The first-order valence-electron chi connectivity index (χ1n) is 5.50. The number of nitrogens with zero attached hydrogens (tertiary/aromatic N) is 8. The van der Waals surface area contributed by atoms with Gasteiger partial charge in [0.2, 0.25) is 6.17 Å². The van der Waals surface area contributed by atoms with Gasteiger partial charge in [0, 0.05) is 14.1 Å². The predicted octanol–water partition coefficient (Wildman–Crippen LogP) is -0.407. The summed E-state index contributed by atoms with van der Waals surface area (Å²) in [7, 11) is 2.99. The summed E-state index contributed by atoms with van der Waals surface area (Å²) in [5.41, 5.74) is -0.146. The van der Waals surface area contributed by atoms with Crippen LogP contribution in [0.1, 0.15) is 0 Å². The van der Waals surface area contributed by atoms with Gasteiger partial charge in [-0.1, -0.05) is 0 Å². The van der Waals surface area contributed by atoms with Gasteiger partial charge < -0.3 is 4.57 Å². The molecule has 0 fully saturated rings. The van der Waals surface area contributed by atoms with E-state index >= 15 is 0 Å². The van der Waals surface area contributed by atoms with E-state index in [1.54, 1.807) is 11.6 Å². The molecule has 0 saturated heterocycles. The van der Waals surface area contributed by atoms with Gasteiger partial charge in [0.15, 0.2) is 11.2 Å². The largest absolute Gasteiger partial charge is 0.332 e. The number of imidazole rings is 1. The normalized spacial score (nSPS) is 14.8. The molecule has 0 unspecified atom stereocenters. The fourth-order valence-corrected chi connectivity index (χ4v) is 1.97. The van der Waals surface area contributed by atoms with Gasteiger partial charge in [-0.3, -0.25) is 13.9 Å². The van der Waals surface area contributed by atoms with Crippen LogP contribution in [-0.4, -0.2) is 24.9 Å². The minimum absolute atomic E-state index is 0.303. The highest BCUT2D eigenvalue weighted by atomic mass is 16.2. The first-order valence-corrected chi connectivity index (χ1v) is 5.50. The van der Waals surface area contributed by atoms with E-state index in [0.29, 0.717) is 17.7 Å². The lowest BCUT2D eigenvalue weighted by molar-refractivity contribution is 0.575. The zero-order valence-corrected chi connectivity index (χ0v) is 10.3. The number of aryl methyl sites for hydroxylation is 1. The van der Waals surface area contributed by atoms with Gasteiger partial charge in [0.1, 0.15) is 0 Å². The number of hydrogen-bond donors (Lipinski definition) is 0. The highest BCUT2D eigenvalue weighted by Gasteiger charge is 2.17. The molecule has 0 saturated carbocycles. The molecule has 10 nitrogen and oxygen atoms in total. The lowest BCUT2D eigenvalue weighted by Gasteiger charge is -2.06. The number of aromatic nitrogens is 4. The maximum Gasteiger partial charge on any atom is 0.332 e. The van der Waals surface area contributed by atoms with E-state index in [-0.39, 0.29) is 0 Å². The maximum absolute atomic E-state index is 12.1. The van der Waals surface area contributed by atoms with Crippen molar-refractivity contribution >= 4 is 11.2 Å². The monoisotopic (exact) mass is 262 g/mol. The molecule has 0 atom stereocenters. The Morgan fingerprint density at radius 3 is 2.53 bits per heavy atom. The molecule has 1 aliphatic rings. The SMILES string of the molecule is Cn1c(=O)c2c(ncn2CC2N=NN=N2)n(C)c1=O. The molecule has 10 heteroatoms. The average molecular weight is 262 g/mol. The first-order chi connectivity index (χ1) is 9.09. The summed E-state index contributed by atoms with van der Waals surface area (Å²) < 4.78 is 3.97. The number of rotatable bonds is 2. The van der Waals surface area contributed by atoms with Crippen molar-refractivity contribution < 1.29 is 0 Å². The Morgan fingerprint density at radius 2 is 1.84 bits per heavy atom. The summed E-state index contributed by atoms with van der Waals surface area (Å²) in [6.45, 7) is 0.303. The van der Waals surface area contributed by atoms with Crippen LogP contribution in [0.4, 0.5) is 0 Å². The van der Waals surface area contributed by atoms with Crippen LogP contribution in [0.15, 0.2) is 36.6 Å². The van der Waals surface area contributed by atoms with Crippen LogP contribution in [0.25, 0.3) is 11.2 Å². The lowest BCUT2D eigenvalue weighted by atomic mass is 10.4. The summed E-state index contributed by atoms with van der Waals surface area (Å²) in [5.74, 6) is 0. The second kappa shape index (κ2) is 3.93. The van der Waals surface area contributed by atoms with Gasteiger partial charge in [0.05, 0.1) is 12.9 Å². The van der Waals surface area contributed by atoms with Crippen LogP contribution < -0.4 is 11.2 Å². The lowest BCUT2D eigenvalue weighted by Crippen LogP contribution is -2.37. The van der Waals surface area contributed by atoms with Gasteiger partial charge in [-0.05, 0) is 10.4 Å². The number of fused-ring (bicyclic) bond motifs is 1. The summed E-state index contributed by atoms with van der Waals surface area (Å²) in [6.07, 6.45) is 1.02. The van der Waals surface area contributed by atoms with Crippen molar-refractivity contribution in [1.82, 2.24) is 18.7 Å². The van der Waals surface area contributed by atoms with Crippen molar-refractivity contribution in [2.24, 2.45) is 34.8 Å². The molecule has 0 N–H and O–H groups in total. The van der Waals surface area contributed by atoms with Gasteiger partial charge >= 0.3 is 5.69 Å². The quantitative estimate of drug-likeness (QED) is 0.733. The minimum Gasteiger partial charge on any atom is -0.320 e. The molecule has 0 radical (unpaired) electrons. The van der Waals surface area contributed by atoms with Crippen LogP contribution in [-0.2, 0) is 20.6 Å². The molecule has 3 heterocycles. The van der Waals surface area contributed by atoms with Crippen molar-refractivity contribution in [2.75, 3.05) is 0 Å². The molecule has 2 aromatic heterocycles. The van der Waals surface area contributed by atoms with Crippen molar-refractivity contribution in [1.29, 1.82) is 0 Å². The molecule has 0 spiro atoms. The van der Waals surface area contributed by atoms with E-state index in [9.17, 15) is 9.59 Å². The van der Waals surface area contributed by atoms with E-state index in [1.807, 2.05) is 0 Å².